The van der Waals surface area contributed by atoms with Crippen LogP contribution in [0.5, 0.6) is 5.75 Å². The summed E-state index contributed by atoms with van der Waals surface area (Å²) < 4.78 is 16.2. The lowest BCUT2D eigenvalue weighted by Gasteiger charge is -2.37. The first kappa shape index (κ1) is 15.8. The third-order valence-electron chi connectivity index (χ3n) is 3.35. The van der Waals surface area contributed by atoms with E-state index >= 15 is 0 Å². The summed E-state index contributed by atoms with van der Waals surface area (Å²) in [4.78, 5) is 12.0. The molecule has 1 fully saturated rings. The van der Waals surface area contributed by atoms with Gasteiger partial charge in [-0.05, 0) is 38.1 Å². The summed E-state index contributed by atoms with van der Waals surface area (Å²) in [6.07, 6.45) is -2.17. The maximum atomic E-state index is 12.0. The van der Waals surface area contributed by atoms with E-state index in [-0.39, 0.29) is 18.3 Å². The van der Waals surface area contributed by atoms with E-state index in [0.29, 0.717) is 12.2 Å². The van der Waals surface area contributed by atoms with E-state index < -0.39 is 24.5 Å². The lowest BCUT2D eigenvalue weighted by molar-refractivity contribution is -0.259. The Kier molecular flexibility index (Phi) is 5.17. The van der Waals surface area contributed by atoms with Crippen LogP contribution < -0.4 is 0 Å². The standard InChI is InChI=1S/C15H20O6/c1-3-19-15-12(17)8-13(9(2)20-15)21-14(18)10-4-6-11(16)7-5-10/h4-7,9,12-13,15-17H,3,8H2,1-2H3/t9?,12-,13+,15+/m0/s1. The van der Waals surface area contributed by atoms with Crippen molar-refractivity contribution in [2.45, 2.75) is 44.9 Å². The van der Waals surface area contributed by atoms with Crippen LogP contribution in [0.2, 0.25) is 0 Å². The van der Waals surface area contributed by atoms with Gasteiger partial charge in [0.25, 0.3) is 0 Å². The fourth-order valence-electron chi connectivity index (χ4n) is 2.19. The van der Waals surface area contributed by atoms with Crippen molar-refractivity contribution in [3.05, 3.63) is 29.8 Å². The number of benzene rings is 1. The first-order valence-corrected chi connectivity index (χ1v) is 6.96. The lowest BCUT2D eigenvalue weighted by Crippen LogP contribution is -2.48. The van der Waals surface area contributed by atoms with Gasteiger partial charge in [-0.15, -0.1) is 0 Å². The monoisotopic (exact) mass is 296 g/mol. The summed E-state index contributed by atoms with van der Waals surface area (Å²) in [5.41, 5.74) is 0.335. The second-order valence-electron chi connectivity index (χ2n) is 4.96. The molecule has 1 unspecified atom stereocenters. The number of carbonyl (C=O) groups excluding carboxylic acids is 1. The highest BCUT2D eigenvalue weighted by Gasteiger charge is 2.37. The molecule has 6 nitrogen and oxygen atoms in total. The molecule has 0 aliphatic carbocycles. The molecular formula is C15H20O6. The number of phenolic OH excluding ortho intramolecular Hbond substituents is 1. The lowest BCUT2D eigenvalue weighted by atomic mass is 10.0. The van der Waals surface area contributed by atoms with Crippen LogP contribution in [0, 0.1) is 0 Å². The van der Waals surface area contributed by atoms with Crippen LogP contribution in [0.3, 0.4) is 0 Å². The summed E-state index contributed by atoms with van der Waals surface area (Å²) in [5.74, 6) is -0.437. The largest absolute Gasteiger partial charge is 0.508 e. The maximum absolute atomic E-state index is 12.0. The number of ether oxygens (including phenoxy) is 3. The zero-order valence-corrected chi connectivity index (χ0v) is 12.1. The number of rotatable bonds is 4. The molecule has 0 aromatic heterocycles. The van der Waals surface area contributed by atoms with Gasteiger partial charge in [0.05, 0.1) is 11.7 Å². The zero-order chi connectivity index (χ0) is 15.4. The molecule has 0 spiro atoms. The Hall–Kier alpha value is -1.63. The highest BCUT2D eigenvalue weighted by molar-refractivity contribution is 5.89. The Morgan fingerprint density at radius 2 is 2.05 bits per heavy atom. The van der Waals surface area contributed by atoms with Gasteiger partial charge in [0, 0.05) is 13.0 Å². The molecule has 0 saturated carbocycles. The number of carbonyl (C=O) groups is 1. The number of aliphatic hydroxyl groups excluding tert-OH is 1. The highest BCUT2D eigenvalue weighted by Crippen LogP contribution is 2.24. The van der Waals surface area contributed by atoms with Crippen LogP contribution in [-0.4, -0.2) is 47.4 Å². The van der Waals surface area contributed by atoms with Crippen molar-refractivity contribution >= 4 is 5.97 Å². The Morgan fingerprint density at radius 1 is 1.38 bits per heavy atom. The number of aromatic hydroxyl groups is 1. The van der Waals surface area contributed by atoms with Gasteiger partial charge in [-0.1, -0.05) is 0 Å². The van der Waals surface area contributed by atoms with Crippen LogP contribution in [-0.2, 0) is 14.2 Å². The smallest absolute Gasteiger partial charge is 0.338 e. The van der Waals surface area contributed by atoms with E-state index in [9.17, 15) is 15.0 Å². The molecule has 6 heteroatoms. The normalized spacial score (nSPS) is 29.1. The minimum Gasteiger partial charge on any atom is -0.508 e. The molecule has 1 aliphatic rings. The molecule has 2 rings (SSSR count). The molecule has 4 atom stereocenters. The Labute approximate surface area is 123 Å². The predicted octanol–water partition coefficient (Wildman–Crippen LogP) is 1.45. The van der Waals surface area contributed by atoms with Crippen molar-refractivity contribution in [3.8, 4) is 5.75 Å². The summed E-state index contributed by atoms with van der Waals surface area (Å²) in [6, 6.07) is 5.78. The molecule has 0 radical (unpaired) electrons. The number of phenols is 1. The van der Waals surface area contributed by atoms with E-state index in [1.807, 2.05) is 6.92 Å². The summed E-state index contributed by atoms with van der Waals surface area (Å²) in [7, 11) is 0. The van der Waals surface area contributed by atoms with E-state index in [2.05, 4.69) is 0 Å². The van der Waals surface area contributed by atoms with Crippen LogP contribution >= 0.6 is 0 Å². The topological polar surface area (TPSA) is 85.2 Å². The fourth-order valence-corrected chi connectivity index (χ4v) is 2.19. The van der Waals surface area contributed by atoms with Gasteiger partial charge < -0.3 is 24.4 Å². The quantitative estimate of drug-likeness (QED) is 0.818. The van der Waals surface area contributed by atoms with Gasteiger partial charge in [-0.25, -0.2) is 4.79 Å². The Balaban J connectivity index is 1.96. The highest BCUT2D eigenvalue weighted by atomic mass is 16.7. The van der Waals surface area contributed by atoms with Crippen LogP contribution in [0.4, 0.5) is 0 Å². The van der Waals surface area contributed by atoms with E-state index in [4.69, 9.17) is 14.2 Å². The number of hydrogen-bond donors (Lipinski definition) is 2. The summed E-state index contributed by atoms with van der Waals surface area (Å²) in [5, 5.41) is 19.1. The minimum absolute atomic E-state index is 0.0795. The van der Waals surface area contributed by atoms with Gasteiger partial charge in [-0.2, -0.15) is 0 Å². The molecule has 2 N–H and O–H groups in total. The zero-order valence-electron chi connectivity index (χ0n) is 12.1. The molecule has 1 aromatic carbocycles. The molecule has 21 heavy (non-hydrogen) atoms. The van der Waals surface area contributed by atoms with Gasteiger partial charge in [0.2, 0.25) is 0 Å². The van der Waals surface area contributed by atoms with Crippen LogP contribution in [0.25, 0.3) is 0 Å². The van der Waals surface area contributed by atoms with Gasteiger partial charge >= 0.3 is 5.97 Å². The summed E-state index contributed by atoms with van der Waals surface area (Å²) >= 11 is 0. The molecule has 1 saturated heterocycles. The maximum Gasteiger partial charge on any atom is 0.338 e. The van der Waals surface area contributed by atoms with Crippen molar-refractivity contribution in [2.75, 3.05) is 6.61 Å². The van der Waals surface area contributed by atoms with Crippen LogP contribution in [0.15, 0.2) is 24.3 Å². The first-order valence-electron chi connectivity index (χ1n) is 6.96. The first-order chi connectivity index (χ1) is 10.0. The van der Waals surface area contributed by atoms with Gasteiger partial charge in [0.1, 0.15) is 18.0 Å². The van der Waals surface area contributed by atoms with Crippen molar-refractivity contribution < 1.29 is 29.2 Å². The van der Waals surface area contributed by atoms with Gasteiger partial charge in [0.15, 0.2) is 6.29 Å². The fraction of sp³-hybridized carbons (Fsp3) is 0.533. The molecule has 116 valence electrons. The number of esters is 1. The molecular weight excluding hydrogens is 276 g/mol. The second kappa shape index (κ2) is 6.89. The molecule has 0 bridgehead atoms. The van der Waals surface area contributed by atoms with Crippen molar-refractivity contribution in [2.24, 2.45) is 0 Å². The average molecular weight is 296 g/mol. The molecule has 1 heterocycles. The number of hydrogen-bond acceptors (Lipinski definition) is 6. The second-order valence-corrected chi connectivity index (χ2v) is 4.96. The SMILES string of the molecule is CCO[C@@H]1OC(C)[C@H](OC(=O)c2ccc(O)cc2)C[C@@H]1O. The molecule has 0 amide bonds. The van der Waals surface area contributed by atoms with Crippen LogP contribution in [0.1, 0.15) is 30.6 Å². The Bertz CT molecular complexity index is 472. The number of aliphatic hydroxyl groups is 1. The third kappa shape index (κ3) is 3.93. The van der Waals surface area contributed by atoms with Crippen molar-refractivity contribution in [1.29, 1.82) is 0 Å². The predicted molar refractivity (Wildman–Crippen MR) is 73.9 cm³/mol. The summed E-state index contributed by atoms with van der Waals surface area (Å²) in [6.45, 7) is 4.02. The van der Waals surface area contributed by atoms with E-state index in [1.165, 1.54) is 24.3 Å². The average Bonchev–Trinajstić information content (AvgIpc) is 2.45. The van der Waals surface area contributed by atoms with Crippen molar-refractivity contribution in [1.82, 2.24) is 0 Å². The molecule has 1 aliphatic heterocycles. The molecule has 1 aromatic rings. The van der Waals surface area contributed by atoms with E-state index in [0.717, 1.165) is 0 Å². The minimum atomic E-state index is -0.834. The third-order valence-corrected chi connectivity index (χ3v) is 3.35. The Morgan fingerprint density at radius 3 is 2.67 bits per heavy atom. The van der Waals surface area contributed by atoms with E-state index in [1.54, 1.807) is 6.92 Å². The van der Waals surface area contributed by atoms with Crippen molar-refractivity contribution in [3.63, 3.8) is 0 Å². The van der Waals surface area contributed by atoms with Gasteiger partial charge in [-0.3, -0.25) is 0 Å².